The number of hydrogen-bond acceptors (Lipinski definition) is 5. The quantitative estimate of drug-likeness (QED) is 0.483. The van der Waals surface area contributed by atoms with Gasteiger partial charge >= 0.3 is 6.09 Å². The number of terminal acetylenes is 1. The van der Waals surface area contributed by atoms with Gasteiger partial charge in [-0.15, -0.1) is 6.42 Å². The van der Waals surface area contributed by atoms with Crippen LogP contribution in [0.15, 0.2) is 0 Å². The minimum absolute atomic E-state index is 0.215. The fourth-order valence-electron chi connectivity index (χ4n) is 1.11. The van der Waals surface area contributed by atoms with E-state index in [4.69, 9.17) is 25.4 Å². The highest BCUT2D eigenvalue weighted by molar-refractivity contribution is 5.67. The van der Waals surface area contributed by atoms with Crippen LogP contribution in [0.25, 0.3) is 0 Å². The van der Waals surface area contributed by atoms with Crippen LogP contribution in [0.4, 0.5) is 4.79 Å². The van der Waals surface area contributed by atoms with Crippen molar-refractivity contribution in [1.29, 1.82) is 0 Å². The molecule has 0 aromatic carbocycles. The van der Waals surface area contributed by atoms with Gasteiger partial charge in [-0.2, -0.15) is 0 Å². The Balaban J connectivity index is 3.21. The molecule has 0 fully saturated rings. The van der Waals surface area contributed by atoms with Crippen molar-refractivity contribution in [3.05, 3.63) is 0 Å². The Labute approximate surface area is 121 Å². The molecule has 0 saturated heterocycles. The van der Waals surface area contributed by atoms with Crippen LogP contribution in [0.5, 0.6) is 0 Å². The normalized spacial score (nSPS) is 10.9. The first-order valence-electron chi connectivity index (χ1n) is 6.57. The number of hydrogen-bond donors (Lipinski definition) is 1. The lowest BCUT2D eigenvalue weighted by Crippen LogP contribution is -2.41. The lowest BCUT2D eigenvalue weighted by Gasteiger charge is -2.19. The molecule has 0 aliphatic rings. The summed E-state index contributed by atoms with van der Waals surface area (Å²) in [6.07, 6.45) is 4.57. The lowest BCUT2D eigenvalue weighted by molar-refractivity contribution is 0.00946. The molecule has 20 heavy (non-hydrogen) atoms. The monoisotopic (exact) mass is 287 g/mol. The summed E-state index contributed by atoms with van der Waals surface area (Å²) in [6.45, 7) is 8.37. The zero-order chi connectivity index (χ0) is 15.3. The number of amides is 1. The first-order chi connectivity index (χ1) is 9.45. The van der Waals surface area contributed by atoms with E-state index in [1.54, 1.807) is 0 Å². The summed E-state index contributed by atoms with van der Waals surface area (Å²) in [5, 5.41) is 2.69. The van der Waals surface area contributed by atoms with Gasteiger partial charge in [-0.05, 0) is 20.8 Å². The first-order valence-corrected chi connectivity index (χ1v) is 6.57. The van der Waals surface area contributed by atoms with Crippen molar-refractivity contribution in [3.63, 3.8) is 0 Å². The van der Waals surface area contributed by atoms with Crippen LogP contribution in [0.1, 0.15) is 20.8 Å². The fraction of sp³-hybridized carbons (Fsp3) is 0.786. The van der Waals surface area contributed by atoms with Crippen LogP contribution in [0, 0.1) is 12.3 Å². The van der Waals surface area contributed by atoms with E-state index in [9.17, 15) is 4.79 Å². The van der Waals surface area contributed by atoms with Crippen molar-refractivity contribution in [2.24, 2.45) is 0 Å². The molecular weight excluding hydrogens is 262 g/mol. The fourth-order valence-corrected chi connectivity index (χ4v) is 1.11. The van der Waals surface area contributed by atoms with Crippen LogP contribution >= 0.6 is 0 Å². The van der Waals surface area contributed by atoms with Gasteiger partial charge in [-0.1, -0.05) is 5.92 Å². The molecule has 0 unspecified atom stereocenters. The number of carbonyl (C=O) groups is 1. The predicted molar refractivity (Wildman–Crippen MR) is 75.5 cm³/mol. The molecule has 6 nitrogen and oxygen atoms in total. The van der Waals surface area contributed by atoms with Crippen LogP contribution < -0.4 is 5.32 Å². The van der Waals surface area contributed by atoms with E-state index in [1.807, 2.05) is 20.8 Å². The average Bonchev–Trinajstić information content (AvgIpc) is 2.34. The number of alkyl carbamates (subject to hydrolysis) is 1. The second-order valence-corrected chi connectivity index (χ2v) is 4.99. The molecule has 0 bridgehead atoms. The molecule has 0 aliphatic heterocycles. The number of ether oxygens (including phenoxy) is 4. The lowest BCUT2D eigenvalue weighted by atomic mass is 10.1. The first kappa shape index (κ1) is 18.7. The van der Waals surface area contributed by atoms with E-state index >= 15 is 0 Å². The van der Waals surface area contributed by atoms with Gasteiger partial charge in [0, 0.05) is 5.54 Å². The summed E-state index contributed by atoms with van der Waals surface area (Å²) in [5.41, 5.74) is -0.298. The van der Waals surface area contributed by atoms with Crippen molar-refractivity contribution >= 4 is 6.09 Å². The maximum absolute atomic E-state index is 11.3. The maximum atomic E-state index is 11.3. The summed E-state index contributed by atoms with van der Waals surface area (Å²) in [4.78, 5) is 11.3. The molecule has 0 heterocycles. The van der Waals surface area contributed by atoms with Crippen LogP contribution in [0.3, 0.4) is 0 Å². The molecule has 1 N–H and O–H groups in total. The van der Waals surface area contributed by atoms with E-state index in [2.05, 4.69) is 11.2 Å². The van der Waals surface area contributed by atoms with E-state index in [1.165, 1.54) is 0 Å². The highest BCUT2D eigenvalue weighted by atomic mass is 16.6. The average molecular weight is 287 g/mol. The summed E-state index contributed by atoms with van der Waals surface area (Å²) in [6, 6.07) is 0. The van der Waals surface area contributed by atoms with Crippen LogP contribution in [-0.4, -0.2) is 57.9 Å². The Bertz CT molecular complexity index is 293. The number of nitrogens with one attached hydrogen (secondary N) is 1. The minimum atomic E-state index is -0.442. The molecular formula is C14H25NO5. The van der Waals surface area contributed by atoms with Crippen LogP contribution in [-0.2, 0) is 18.9 Å². The SMILES string of the molecule is C#CCOCCOCCOCCOC(=O)NC(C)(C)C. The molecule has 0 spiro atoms. The third-order valence-electron chi connectivity index (χ3n) is 1.87. The molecule has 116 valence electrons. The van der Waals surface area contributed by atoms with Crippen molar-refractivity contribution in [1.82, 2.24) is 5.32 Å². The molecule has 0 saturated carbocycles. The maximum Gasteiger partial charge on any atom is 0.407 e. The Kier molecular flexibility index (Phi) is 10.8. The van der Waals surface area contributed by atoms with Gasteiger partial charge < -0.3 is 24.3 Å². The second-order valence-electron chi connectivity index (χ2n) is 4.99. The van der Waals surface area contributed by atoms with Crippen molar-refractivity contribution in [2.75, 3.05) is 46.2 Å². The molecule has 0 aliphatic carbocycles. The Morgan fingerprint density at radius 1 is 1.00 bits per heavy atom. The van der Waals surface area contributed by atoms with Gasteiger partial charge in [0.05, 0.1) is 33.0 Å². The van der Waals surface area contributed by atoms with Gasteiger partial charge in [-0.25, -0.2) is 4.79 Å². The van der Waals surface area contributed by atoms with Gasteiger partial charge in [0.15, 0.2) is 0 Å². The van der Waals surface area contributed by atoms with Gasteiger partial charge in [-0.3, -0.25) is 0 Å². The number of carbonyl (C=O) groups excluding carboxylic acids is 1. The third kappa shape index (κ3) is 14.8. The third-order valence-corrected chi connectivity index (χ3v) is 1.87. The predicted octanol–water partition coefficient (Wildman–Crippen LogP) is 1.19. The van der Waals surface area contributed by atoms with E-state index in [0.717, 1.165) is 0 Å². The summed E-state index contributed by atoms with van der Waals surface area (Å²) in [7, 11) is 0. The summed E-state index contributed by atoms with van der Waals surface area (Å²) < 4.78 is 20.4. The van der Waals surface area contributed by atoms with Gasteiger partial charge in [0.25, 0.3) is 0 Å². The molecule has 0 aromatic rings. The Morgan fingerprint density at radius 3 is 2.00 bits per heavy atom. The number of rotatable bonds is 10. The van der Waals surface area contributed by atoms with Gasteiger partial charge in [0.2, 0.25) is 0 Å². The van der Waals surface area contributed by atoms with Crippen molar-refractivity contribution in [2.45, 2.75) is 26.3 Å². The zero-order valence-corrected chi connectivity index (χ0v) is 12.6. The zero-order valence-electron chi connectivity index (χ0n) is 12.6. The molecule has 0 aromatic heterocycles. The minimum Gasteiger partial charge on any atom is -0.447 e. The van der Waals surface area contributed by atoms with Crippen LogP contribution in [0.2, 0.25) is 0 Å². The van der Waals surface area contributed by atoms with E-state index in [0.29, 0.717) is 39.6 Å². The Hall–Kier alpha value is -1.29. The largest absolute Gasteiger partial charge is 0.447 e. The van der Waals surface area contributed by atoms with Crippen molar-refractivity contribution in [3.8, 4) is 12.3 Å². The highest BCUT2D eigenvalue weighted by Crippen LogP contribution is 1.98. The topological polar surface area (TPSA) is 66.0 Å². The molecule has 6 heteroatoms. The van der Waals surface area contributed by atoms with E-state index < -0.39 is 6.09 Å². The molecule has 1 amide bonds. The smallest absolute Gasteiger partial charge is 0.407 e. The second kappa shape index (κ2) is 11.5. The molecule has 0 rings (SSSR count). The summed E-state index contributed by atoms with van der Waals surface area (Å²) >= 11 is 0. The van der Waals surface area contributed by atoms with Crippen molar-refractivity contribution < 1.29 is 23.7 Å². The molecule has 0 atom stereocenters. The summed E-state index contributed by atoms with van der Waals surface area (Å²) in [5.74, 6) is 2.37. The molecule has 0 radical (unpaired) electrons. The standard InChI is InChI=1S/C14H25NO5/c1-5-6-17-7-8-18-9-10-19-11-12-20-13(16)15-14(2,3)4/h1H,6-12H2,2-4H3,(H,15,16). The van der Waals surface area contributed by atoms with E-state index in [-0.39, 0.29) is 12.1 Å². The highest BCUT2D eigenvalue weighted by Gasteiger charge is 2.13. The Morgan fingerprint density at radius 2 is 1.50 bits per heavy atom. The van der Waals surface area contributed by atoms with Gasteiger partial charge in [0.1, 0.15) is 13.2 Å².